The van der Waals surface area contributed by atoms with E-state index in [0.717, 1.165) is 11.4 Å². The molecular weight excluding hydrogens is 503 g/mol. The summed E-state index contributed by atoms with van der Waals surface area (Å²) >= 11 is 0. The third-order valence-corrected chi connectivity index (χ3v) is 6.51. The van der Waals surface area contributed by atoms with E-state index in [9.17, 15) is 0 Å². The first kappa shape index (κ1) is 19.8. The SMILES string of the molecule is Cc1cccc(C)c1-c1cc([Si](C)(C)C)c[c-]c1-c1ncnn1C.[Ir]. The van der Waals surface area contributed by atoms with Crippen LogP contribution in [0.25, 0.3) is 22.5 Å². The molecular formula is C20H24IrN3Si-. The molecule has 1 radical (unpaired) electrons. The topological polar surface area (TPSA) is 30.7 Å². The van der Waals surface area contributed by atoms with Gasteiger partial charge in [0.1, 0.15) is 6.33 Å². The van der Waals surface area contributed by atoms with Crippen LogP contribution >= 0.6 is 0 Å². The van der Waals surface area contributed by atoms with Gasteiger partial charge in [0.2, 0.25) is 0 Å². The molecule has 25 heavy (non-hydrogen) atoms. The molecule has 3 nitrogen and oxygen atoms in total. The zero-order chi connectivity index (χ0) is 17.5. The van der Waals surface area contributed by atoms with Crippen molar-refractivity contribution >= 4 is 13.3 Å². The molecule has 133 valence electrons. The van der Waals surface area contributed by atoms with Gasteiger partial charge in [-0.05, 0) is 13.8 Å². The number of hydrogen-bond donors (Lipinski definition) is 0. The summed E-state index contributed by atoms with van der Waals surface area (Å²) in [5.74, 6) is 0.856. The van der Waals surface area contributed by atoms with Crippen LogP contribution < -0.4 is 5.19 Å². The van der Waals surface area contributed by atoms with E-state index in [1.807, 2.05) is 11.7 Å². The summed E-state index contributed by atoms with van der Waals surface area (Å²) in [4.78, 5) is 4.46. The number of hydrogen-bond acceptors (Lipinski definition) is 2. The van der Waals surface area contributed by atoms with Gasteiger partial charge in [-0.3, -0.25) is 9.67 Å². The minimum Gasteiger partial charge on any atom is -0.289 e. The second-order valence-electron chi connectivity index (χ2n) is 7.40. The first-order valence-corrected chi connectivity index (χ1v) is 11.8. The van der Waals surface area contributed by atoms with Gasteiger partial charge in [-0.25, -0.2) is 0 Å². The Labute approximate surface area is 164 Å². The van der Waals surface area contributed by atoms with E-state index in [1.54, 1.807) is 6.33 Å². The fraction of sp³-hybridized carbons (Fsp3) is 0.300. The molecule has 0 aliphatic heterocycles. The van der Waals surface area contributed by atoms with Crippen LogP contribution in [0.1, 0.15) is 11.1 Å². The maximum atomic E-state index is 4.46. The largest absolute Gasteiger partial charge is 0.289 e. The predicted octanol–water partition coefficient (Wildman–Crippen LogP) is 4.11. The monoisotopic (exact) mass is 527 g/mol. The summed E-state index contributed by atoms with van der Waals surface area (Å²) in [6.07, 6.45) is 1.60. The van der Waals surface area contributed by atoms with E-state index < -0.39 is 8.07 Å². The van der Waals surface area contributed by atoms with Crippen LogP contribution in [0.4, 0.5) is 0 Å². The fourth-order valence-electron chi connectivity index (χ4n) is 3.07. The van der Waals surface area contributed by atoms with Gasteiger partial charge >= 0.3 is 0 Å². The number of benzene rings is 2. The van der Waals surface area contributed by atoms with E-state index in [4.69, 9.17) is 0 Å². The van der Waals surface area contributed by atoms with E-state index in [1.165, 1.54) is 27.4 Å². The first-order valence-electron chi connectivity index (χ1n) is 8.26. The molecule has 0 amide bonds. The standard InChI is InChI=1S/C20H24N3Si.Ir/c1-14-8-7-9-15(2)19(14)18-12-16(24(4,5)6)10-11-17(18)20-21-13-22-23(20)3;/h7-10,12-13H,1-6H3;/q-1;. The summed E-state index contributed by atoms with van der Waals surface area (Å²) in [5, 5.41) is 5.65. The molecule has 0 saturated carbocycles. The molecule has 0 spiro atoms. The minimum absolute atomic E-state index is 0. The van der Waals surface area contributed by atoms with Crippen LogP contribution in [0.2, 0.25) is 19.6 Å². The number of rotatable bonds is 3. The summed E-state index contributed by atoms with van der Waals surface area (Å²) < 4.78 is 1.82. The first-order chi connectivity index (χ1) is 11.3. The Balaban J connectivity index is 0.00000225. The van der Waals surface area contributed by atoms with Crippen molar-refractivity contribution in [1.82, 2.24) is 14.8 Å². The average molecular weight is 527 g/mol. The third-order valence-electron chi connectivity index (χ3n) is 4.49. The molecule has 0 fully saturated rings. The Morgan fingerprint density at radius 2 is 1.72 bits per heavy atom. The van der Waals surface area contributed by atoms with Gasteiger partial charge in [0.05, 0.1) is 5.82 Å². The van der Waals surface area contributed by atoms with Crippen molar-refractivity contribution in [2.24, 2.45) is 7.05 Å². The number of nitrogens with zero attached hydrogens (tertiary/aromatic N) is 3. The summed E-state index contributed by atoms with van der Waals surface area (Å²) in [6, 6.07) is 14.5. The molecule has 0 N–H and O–H groups in total. The van der Waals surface area contributed by atoms with Crippen LogP contribution in [0.15, 0.2) is 36.7 Å². The Bertz CT molecular complexity index is 874. The van der Waals surface area contributed by atoms with Crippen molar-refractivity contribution in [1.29, 1.82) is 0 Å². The maximum Gasteiger partial charge on any atom is 0.127 e. The molecule has 1 heterocycles. The number of aryl methyl sites for hydroxylation is 3. The van der Waals surface area contributed by atoms with E-state index >= 15 is 0 Å². The Hall–Kier alpha value is -1.55. The molecule has 0 atom stereocenters. The molecule has 0 bridgehead atoms. The van der Waals surface area contributed by atoms with Gasteiger partial charge in [0, 0.05) is 35.2 Å². The molecule has 5 heteroatoms. The predicted molar refractivity (Wildman–Crippen MR) is 103 cm³/mol. The van der Waals surface area contributed by atoms with Crippen molar-refractivity contribution in [2.45, 2.75) is 33.5 Å². The molecule has 0 aliphatic carbocycles. The van der Waals surface area contributed by atoms with Crippen molar-refractivity contribution in [3.8, 4) is 22.5 Å². The van der Waals surface area contributed by atoms with Crippen LogP contribution in [0, 0.1) is 19.9 Å². The summed E-state index contributed by atoms with van der Waals surface area (Å²) in [6.45, 7) is 11.4. The third kappa shape index (κ3) is 3.84. The van der Waals surface area contributed by atoms with Crippen LogP contribution in [0.5, 0.6) is 0 Å². The molecule has 3 aromatic rings. The Kier molecular flexibility index (Phi) is 5.82. The fourth-order valence-corrected chi connectivity index (χ4v) is 4.16. The van der Waals surface area contributed by atoms with Gasteiger partial charge in [-0.2, -0.15) is 5.10 Å². The van der Waals surface area contributed by atoms with Gasteiger partial charge < -0.3 is 0 Å². The zero-order valence-corrected chi connectivity index (χ0v) is 19.0. The van der Waals surface area contributed by atoms with Gasteiger partial charge in [-0.1, -0.05) is 65.7 Å². The molecule has 3 rings (SSSR count). The molecule has 0 aliphatic rings. The van der Waals surface area contributed by atoms with Gasteiger partial charge in [-0.15, -0.1) is 23.4 Å². The van der Waals surface area contributed by atoms with Crippen molar-refractivity contribution in [2.75, 3.05) is 0 Å². The normalized spacial score (nSPS) is 11.3. The van der Waals surface area contributed by atoms with E-state index in [-0.39, 0.29) is 20.1 Å². The summed E-state index contributed by atoms with van der Waals surface area (Å²) in [5.41, 5.74) is 6.07. The quantitative estimate of drug-likeness (QED) is 0.380. The molecule has 0 saturated heterocycles. The smallest absolute Gasteiger partial charge is 0.127 e. The minimum atomic E-state index is -1.43. The summed E-state index contributed by atoms with van der Waals surface area (Å²) in [7, 11) is 0.500. The van der Waals surface area contributed by atoms with Crippen molar-refractivity contribution in [3.05, 3.63) is 53.9 Å². The molecule has 0 unspecified atom stereocenters. The average Bonchev–Trinajstić information content (AvgIpc) is 2.92. The second kappa shape index (κ2) is 7.36. The molecule has 1 aromatic heterocycles. The van der Waals surface area contributed by atoms with E-state index in [2.05, 4.69) is 80.0 Å². The second-order valence-corrected chi connectivity index (χ2v) is 12.5. The van der Waals surface area contributed by atoms with Crippen molar-refractivity contribution < 1.29 is 20.1 Å². The number of aromatic nitrogens is 3. The van der Waals surface area contributed by atoms with Crippen molar-refractivity contribution in [3.63, 3.8) is 0 Å². The van der Waals surface area contributed by atoms with Crippen LogP contribution in [-0.4, -0.2) is 22.8 Å². The van der Waals surface area contributed by atoms with E-state index in [0.29, 0.717) is 0 Å². The van der Waals surface area contributed by atoms with Crippen LogP contribution in [0.3, 0.4) is 0 Å². The van der Waals surface area contributed by atoms with Crippen LogP contribution in [-0.2, 0) is 27.2 Å². The van der Waals surface area contributed by atoms with Gasteiger partial charge in [0.25, 0.3) is 0 Å². The maximum absolute atomic E-state index is 4.46. The Morgan fingerprint density at radius 3 is 2.24 bits per heavy atom. The van der Waals surface area contributed by atoms with Gasteiger partial charge in [0.15, 0.2) is 0 Å². The Morgan fingerprint density at radius 1 is 1.08 bits per heavy atom. The molecule has 2 aromatic carbocycles. The zero-order valence-electron chi connectivity index (χ0n) is 15.6.